The quantitative estimate of drug-likeness (QED) is 0.788. The highest BCUT2D eigenvalue weighted by molar-refractivity contribution is 5.54. The van der Waals surface area contributed by atoms with Crippen LogP contribution in [0, 0.1) is 12.8 Å². The Bertz CT molecular complexity index is 450. The first-order chi connectivity index (χ1) is 9.76. The molecule has 0 aromatic carbocycles. The molecular formula is C17H27N3. The van der Waals surface area contributed by atoms with E-state index in [4.69, 9.17) is 0 Å². The van der Waals surface area contributed by atoms with E-state index in [1.165, 1.54) is 49.9 Å². The lowest BCUT2D eigenvalue weighted by Crippen LogP contribution is -2.29. The maximum atomic E-state index is 4.51. The maximum Gasteiger partial charge on any atom is 0.0445 e. The molecule has 2 fully saturated rings. The Morgan fingerprint density at radius 1 is 1.30 bits per heavy atom. The van der Waals surface area contributed by atoms with Crippen LogP contribution < -0.4 is 10.2 Å². The lowest BCUT2D eigenvalue weighted by Gasteiger charge is -2.27. The van der Waals surface area contributed by atoms with Crippen LogP contribution in [0.3, 0.4) is 0 Å². The molecule has 3 heteroatoms. The summed E-state index contributed by atoms with van der Waals surface area (Å²) >= 11 is 0. The summed E-state index contributed by atoms with van der Waals surface area (Å²) in [4.78, 5) is 7.10. The second kappa shape index (κ2) is 6.13. The zero-order chi connectivity index (χ0) is 13.9. The second-order valence-corrected chi connectivity index (χ2v) is 6.50. The van der Waals surface area contributed by atoms with Gasteiger partial charge in [0.1, 0.15) is 0 Å². The van der Waals surface area contributed by atoms with Crippen molar-refractivity contribution in [3.8, 4) is 0 Å². The summed E-state index contributed by atoms with van der Waals surface area (Å²) < 4.78 is 0. The van der Waals surface area contributed by atoms with E-state index in [1.807, 2.05) is 0 Å². The molecule has 2 aliphatic carbocycles. The van der Waals surface area contributed by atoms with Gasteiger partial charge in [-0.05, 0) is 51.0 Å². The largest absolute Gasteiger partial charge is 0.371 e. The fourth-order valence-electron chi connectivity index (χ4n) is 2.74. The van der Waals surface area contributed by atoms with E-state index in [0.29, 0.717) is 0 Å². The molecule has 20 heavy (non-hydrogen) atoms. The Morgan fingerprint density at radius 2 is 2.10 bits per heavy atom. The molecule has 0 amide bonds. The Balaban J connectivity index is 1.76. The van der Waals surface area contributed by atoms with Crippen molar-refractivity contribution in [2.24, 2.45) is 5.92 Å². The van der Waals surface area contributed by atoms with Crippen LogP contribution in [0.5, 0.6) is 0 Å². The highest BCUT2D eigenvalue weighted by atomic mass is 15.1. The zero-order valence-corrected chi connectivity index (χ0v) is 12.9. The van der Waals surface area contributed by atoms with Crippen LogP contribution in [0.1, 0.15) is 50.3 Å². The molecule has 110 valence electrons. The average molecular weight is 273 g/mol. The molecule has 3 nitrogen and oxygen atoms in total. The van der Waals surface area contributed by atoms with E-state index >= 15 is 0 Å². The van der Waals surface area contributed by atoms with Gasteiger partial charge in [-0.25, -0.2) is 0 Å². The van der Waals surface area contributed by atoms with Crippen LogP contribution in [-0.2, 0) is 6.54 Å². The predicted octanol–water partition coefficient (Wildman–Crippen LogP) is 3.27. The molecule has 0 saturated heterocycles. The van der Waals surface area contributed by atoms with Gasteiger partial charge in [0.25, 0.3) is 0 Å². The van der Waals surface area contributed by atoms with Gasteiger partial charge in [-0.3, -0.25) is 4.98 Å². The summed E-state index contributed by atoms with van der Waals surface area (Å²) in [6, 6.07) is 3.04. The summed E-state index contributed by atoms with van der Waals surface area (Å²) in [5, 5.41) is 3.63. The first-order valence-corrected chi connectivity index (χ1v) is 8.20. The van der Waals surface area contributed by atoms with Crippen molar-refractivity contribution in [1.29, 1.82) is 0 Å². The number of pyridine rings is 1. The highest BCUT2D eigenvalue weighted by Gasteiger charge is 2.26. The molecule has 0 radical (unpaired) electrons. The Morgan fingerprint density at radius 3 is 2.75 bits per heavy atom. The third kappa shape index (κ3) is 3.72. The van der Waals surface area contributed by atoms with Gasteiger partial charge in [0.15, 0.2) is 0 Å². The SMILES string of the molecule is CCCN(CC1CC1)c1cc(C)ncc1CNC1CC1. The number of aryl methyl sites for hydroxylation is 1. The van der Waals surface area contributed by atoms with Crippen molar-refractivity contribution in [2.45, 2.75) is 58.5 Å². The van der Waals surface area contributed by atoms with Gasteiger partial charge in [-0.1, -0.05) is 6.92 Å². The van der Waals surface area contributed by atoms with Gasteiger partial charge >= 0.3 is 0 Å². The molecule has 3 rings (SSSR count). The second-order valence-electron chi connectivity index (χ2n) is 6.50. The number of aromatic nitrogens is 1. The zero-order valence-electron chi connectivity index (χ0n) is 12.9. The van der Waals surface area contributed by atoms with E-state index in [0.717, 1.165) is 30.7 Å². The van der Waals surface area contributed by atoms with Crippen molar-refractivity contribution in [3.05, 3.63) is 23.5 Å². The molecule has 1 aromatic heterocycles. The highest BCUT2D eigenvalue weighted by Crippen LogP contribution is 2.33. The normalized spacial score (nSPS) is 18.3. The fourth-order valence-corrected chi connectivity index (χ4v) is 2.74. The van der Waals surface area contributed by atoms with Gasteiger partial charge in [-0.2, -0.15) is 0 Å². The Labute approximate surface area is 122 Å². The van der Waals surface area contributed by atoms with Gasteiger partial charge < -0.3 is 10.2 Å². The smallest absolute Gasteiger partial charge is 0.0445 e. The average Bonchev–Trinajstić information content (AvgIpc) is 3.31. The Kier molecular flexibility index (Phi) is 4.25. The molecule has 0 bridgehead atoms. The summed E-state index contributed by atoms with van der Waals surface area (Å²) in [6.07, 6.45) is 8.81. The topological polar surface area (TPSA) is 28.2 Å². The Hall–Kier alpha value is -1.09. The predicted molar refractivity (Wildman–Crippen MR) is 84.1 cm³/mol. The number of nitrogens with zero attached hydrogens (tertiary/aromatic N) is 2. The number of rotatable bonds is 8. The van der Waals surface area contributed by atoms with Crippen LogP contribution in [-0.4, -0.2) is 24.1 Å². The fraction of sp³-hybridized carbons (Fsp3) is 0.706. The summed E-state index contributed by atoms with van der Waals surface area (Å²) in [5.74, 6) is 0.930. The van der Waals surface area contributed by atoms with E-state index in [2.05, 4.69) is 41.3 Å². The first kappa shape index (κ1) is 13.9. The first-order valence-electron chi connectivity index (χ1n) is 8.20. The van der Waals surface area contributed by atoms with Crippen LogP contribution in [0.4, 0.5) is 5.69 Å². The molecule has 2 saturated carbocycles. The summed E-state index contributed by atoms with van der Waals surface area (Å²) in [5.41, 5.74) is 3.92. The minimum atomic E-state index is 0.757. The van der Waals surface area contributed by atoms with Gasteiger partial charge in [-0.15, -0.1) is 0 Å². The number of hydrogen-bond donors (Lipinski definition) is 1. The van der Waals surface area contributed by atoms with Crippen LogP contribution in [0.2, 0.25) is 0 Å². The molecule has 1 N–H and O–H groups in total. The maximum absolute atomic E-state index is 4.51. The molecular weight excluding hydrogens is 246 g/mol. The lowest BCUT2D eigenvalue weighted by atomic mass is 10.1. The molecule has 1 heterocycles. The van der Waals surface area contributed by atoms with E-state index < -0.39 is 0 Å². The minimum absolute atomic E-state index is 0.757. The molecule has 0 unspecified atom stereocenters. The number of anilines is 1. The lowest BCUT2D eigenvalue weighted by molar-refractivity contribution is 0.668. The van der Waals surface area contributed by atoms with Crippen LogP contribution in [0.15, 0.2) is 12.3 Å². The standard InChI is InChI=1S/C17H27N3/c1-3-8-20(12-14-4-5-14)17-9-13(2)18-10-15(17)11-19-16-6-7-16/h9-10,14,16,19H,3-8,11-12H2,1-2H3. The van der Waals surface area contributed by atoms with E-state index in [-0.39, 0.29) is 0 Å². The van der Waals surface area contributed by atoms with Gasteiger partial charge in [0.05, 0.1) is 0 Å². The third-order valence-corrected chi connectivity index (χ3v) is 4.27. The summed E-state index contributed by atoms with van der Waals surface area (Å²) in [7, 11) is 0. The third-order valence-electron chi connectivity index (χ3n) is 4.27. The van der Waals surface area contributed by atoms with Crippen LogP contribution in [0.25, 0.3) is 0 Å². The summed E-state index contributed by atoms with van der Waals surface area (Å²) in [6.45, 7) is 7.74. The molecule has 0 aliphatic heterocycles. The van der Waals surface area contributed by atoms with E-state index in [9.17, 15) is 0 Å². The molecule has 1 aromatic rings. The minimum Gasteiger partial charge on any atom is -0.371 e. The van der Waals surface area contributed by atoms with Crippen LogP contribution >= 0.6 is 0 Å². The molecule has 2 aliphatic rings. The number of hydrogen-bond acceptors (Lipinski definition) is 3. The van der Waals surface area contributed by atoms with Crippen molar-refractivity contribution >= 4 is 5.69 Å². The van der Waals surface area contributed by atoms with Crippen molar-refractivity contribution in [3.63, 3.8) is 0 Å². The number of nitrogens with one attached hydrogen (secondary N) is 1. The van der Waals surface area contributed by atoms with Gasteiger partial charge in [0, 0.05) is 48.8 Å². The van der Waals surface area contributed by atoms with E-state index in [1.54, 1.807) is 0 Å². The van der Waals surface area contributed by atoms with Gasteiger partial charge in [0.2, 0.25) is 0 Å². The molecule has 0 atom stereocenters. The van der Waals surface area contributed by atoms with Crippen molar-refractivity contribution in [1.82, 2.24) is 10.3 Å². The van der Waals surface area contributed by atoms with Crippen molar-refractivity contribution in [2.75, 3.05) is 18.0 Å². The monoisotopic (exact) mass is 273 g/mol. The molecule has 0 spiro atoms. The van der Waals surface area contributed by atoms with Crippen molar-refractivity contribution < 1.29 is 0 Å².